The van der Waals surface area contributed by atoms with Gasteiger partial charge in [-0.15, -0.1) is 16.7 Å². The zero-order chi connectivity index (χ0) is 11.8. The van der Waals surface area contributed by atoms with Gasteiger partial charge in [0.2, 0.25) is 0 Å². The molecule has 0 aliphatic rings. The Morgan fingerprint density at radius 2 is 2.12 bits per heavy atom. The van der Waals surface area contributed by atoms with Crippen LogP contribution in [0.5, 0.6) is 0 Å². The summed E-state index contributed by atoms with van der Waals surface area (Å²) in [7, 11) is 0. The highest BCUT2D eigenvalue weighted by molar-refractivity contribution is 6.18. The van der Waals surface area contributed by atoms with Crippen LogP contribution in [-0.2, 0) is 12.6 Å². The first-order chi connectivity index (χ1) is 7.52. The molecule has 0 aliphatic heterocycles. The topological polar surface area (TPSA) is 30.2 Å². The molecule has 0 bridgehead atoms. The summed E-state index contributed by atoms with van der Waals surface area (Å²) in [4.78, 5) is 3.47. The van der Waals surface area contributed by atoms with Gasteiger partial charge in [0, 0.05) is 12.1 Å². The molecule has 0 aromatic carbocycles. The van der Waals surface area contributed by atoms with Crippen LogP contribution in [0.25, 0.3) is 5.65 Å². The zero-order valence-electron chi connectivity index (χ0n) is 8.00. The molecule has 0 aliphatic carbocycles. The minimum absolute atomic E-state index is 0.204. The maximum atomic E-state index is 12.4. The predicted octanol–water partition coefficient (Wildman–Crippen LogP) is 2.53. The van der Waals surface area contributed by atoms with E-state index in [1.807, 2.05) is 0 Å². The largest absolute Gasteiger partial charge is 0.453 e. The highest BCUT2D eigenvalue weighted by Crippen LogP contribution is 2.27. The molecule has 0 saturated heterocycles. The Hall–Kier alpha value is -1.30. The van der Waals surface area contributed by atoms with Gasteiger partial charge in [-0.25, -0.2) is 9.50 Å². The average Bonchev–Trinajstić information content (AvgIpc) is 2.62. The second-order valence-electron chi connectivity index (χ2n) is 3.17. The molecule has 2 heterocycles. The van der Waals surface area contributed by atoms with Gasteiger partial charge in [0.15, 0.2) is 5.65 Å². The van der Waals surface area contributed by atoms with E-state index in [4.69, 9.17) is 11.6 Å². The van der Waals surface area contributed by atoms with E-state index in [1.165, 1.54) is 6.20 Å². The second-order valence-corrected chi connectivity index (χ2v) is 3.55. The Balaban J connectivity index is 2.57. The van der Waals surface area contributed by atoms with Crippen LogP contribution in [0.15, 0.2) is 18.3 Å². The molecule has 3 nitrogen and oxygen atoms in total. The molecule has 2 aromatic heterocycles. The van der Waals surface area contributed by atoms with Gasteiger partial charge in [0.1, 0.15) is 0 Å². The Kier molecular flexibility index (Phi) is 2.75. The number of rotatable bonds is 2. The van der Waals surface area contributed by atoms with Crippen molar-refractivity contribution in [2.75, 3.05) is 5.88 Å². The number of hydrogen-bond donors (Lipinski definition) is 0. The first-order valence-corrected chi connectivity index (χ1v) is 5.03. The van der Waals surface area contributed by atoms with E-state index in [2.05, 4.69) is 10.1 Å². The van der Waals surface area contributed by atoms with Crippen LogP contribution in [0.4, 0.5) is 13.2 Å². The van der Waals surface area contributed by atoms with Crippen molar-refractivity contribution in [3.63, 3.8) is 0 Å². The summed E-state index contributed by atoms with van der Waals surface area (Å²) in [5.74, 6) is -0.803. The maximum Gasteiger partial charge on any atom is 0.453 e. The molecule has 0 unspecified atom stereocenters. The summed E-state index contributed by atoms with van der Waals surface area (Å²) in [5.41, 5.74) is 0.857. The van der Waals surface area contributed by atoms with E-state index in [1.54, 1.807) is 12.1 Å². The maximum absolute atomic E-state index is 12.4. The fraction of sp³-hybridized carbons (Fsp3) is 0.333. The minimum atomic E-state index is -4.52. The van der Waals surface area contributed by atoms with Crippen molar-refractivity contribution in [2.45, 2.75) is 12.6 Å². The Morgan fingerprint density at radius 1 is 1.38 bits per heavy atom. The Labute approximate surface area is 93.9 Å². The fourth-order valence-corrected chi connectivity index (χ4v) is 1.58. The van der Waals surface area contributed by atoms with Gasteiger partial charge in [0.05, 0.1) is 0 Å². The molecule has 0 N–H and O–H groups in total. The quantitative estimate of drug-likeness (QED) is 0.766. The Bertz CT molecular complexity index is 506. The summed E-state index contributed by atoms with van der Waals surface area (Å²) in [6, 6.07) is 3.30. The highest BCUT2D eigenvalue weighted by atomic mass is 35.5. The lowest BCUT2D eigenvalue weighted by Crippen LogP contribution is -2.07. The van der Waals surface area contributed by atoms with Gasteiger partial charge in [0.25, 0.3) is 5.82 Å². The van der Waals surface area contributed by atoms with E-state index in [9.17, 15) is 13.2 Å². The fourth-order valence-electron chi connectivity index (χ4n) is 1.38. The van der Waals surface area contributed by atoms with Crippen molar-refractivity contribution >= 4 is 17.2 Å². The van der Waals surface area contributed by atoms with E-state index in [0.717, 1.165) is 4.52 Å². The van der Waals surface area contributed by atoms with Crippen molar-refractivity contribution < 1.29 is 13.2 Å². The molecule has 0 spiro atoms. The summed E-state index contributed by atoms with van der Waals surface area (Å²) in [5, 5.41) is 3.36. The number of aromatic nitrogens is 3. The molecular weight excluding hydrogens is 243 g/mol. The number of fused-ring (bicyclic) bond motifs is 1. The smallest absolute Gasteiger partial charge is 0.220 e. The van der Waals surface area contributed by atoms with Crippen LogP contribution in [-0.4, -0.2) is 20.5 Å². The molecule has 2 aromatic rings. The van der Waals surface area contributed by atoms with Gasteiger partial charge in [-0.2, -0.15) is 13.2 Å². The second kappa shape index (κ2) is 3.93. The van der Waals surface area contributed by atoms with Crippen LogP contribution in [0.2, 0.25) is 0 Å². The first-order valence-electron chi connectivity index (χ1n) is 4.50. The van der Waals surface area contributed by atoms with Crippen molar-refractivity contribution in [2.24, 2.45) is 0 Å². The van der Waals surface area contributed by atoms with Crippen molar-refractivity contribution in [3.05, 3.63) is 29.7 Å². The number of halogens is 4. The van der Waals surface area contributed by atoms with E-state index < -0.39 is 12.0 Å². The lowest BCUT2D eigenvalue weighted by atomic mass is 10.2. The molecule has 2 rings (SSSR count). The lowest BCUT2D eigenvalue weighted by molar-refractivity contribution is -0.144. The van der Waals surface area contributed by atoms with Crippen LogP contribution < -0.4 is 0 Å². The lowest BCUT2D eigenvalue weighted by Gasteiger charge is -1.98. The minimum Gasteiger partial charge on any atom is -0.220 e. The third-order valence-electron chi connectivity index (χ3n) is 2.06. The molecule has 0 saturated carbocycles. The zero-order valence-corrected chi connectivity index (χ0v) is 8.76. The summed E-state index contributed by atoms with van der Waals surface area (Å²) in [6.45, 7) is 0. The van der Waals surface area contributed by atoms with E-state index in [0.29, 0.717) is 17.9 Å². The Morgan fingerprint density at radius 3 is 2.75 bits per heavy atom. The summed E-state index contributed by atoms with van der Waals surface area (Å²) < 4.78 is 38.3. The van der Waals surface area contributed by atoms with Crippen molar-refractivity contribution in [1.29, 1.82) is 0 Å². The molecule has 0 radical (unpaired) electrons. The molecule has 86 valence electrons. The number of alkyl halides is 4. The number of pyridine rings is 1. The predicted molar refractivity (Wildman–Crippen MR) is 52.4 cm³/mol. The molecule has 0 atom stereocenters. The number of hydrogen-bond acceptors (Lipinski definition) is 2. The number of nitrogens with zero attached hydrogens (tertiary/aromatic N) is 3. The third-order valence-corrected chi connectivity index (χ3v) is 2.25. The highest BCUT2D eigenvalue weighted by Gasteiger charge is 2.36. The number of aryl methyl sites for hydroxylation is 1. The van der Waals surface area contributed by atoms with Crippen LogP contribution in [0, 0.1) is 0 Å². The molecular formula is C9H7ClF3N3. The van der Waals surface area contributed by atoms with E-state index >= 15 is 0 Å². The standard InChI is InChI=1S/C9H7ClF3N3/c10-4-3-6-2-1-5-16-7(6)14-8(15-16)9(11,12)13/h1-2,5H,3-4H2. The SMILES string of the molecule is FC(F)(F)c1nc2c(CCCl)cccn2n1. The normalized spacial score (nSPS) is 12.2. The average molecular weight is 250 g/mol. The third kappa shape index (κ3) is 1.97. The molecule has 7 heteroatoms. The van der Waals surface area contributed by atoms with Gasteiger partial charge < -0.3 is 0 Å². The monoisotopic (exact) mass is 249 g/mol. The van der Waals surface area contributed by atoms with Crippen molar-refractivity contribution in [3.8, 4) is 0 Å². The van der Waals surface area contributed by atoms with Crippen LogP contribution in [0.3, 0.4) is 0 Å². The van der Waals surface area contributed by atoms with E-state index in [-0.39, 0.29) is 5.65 Å². The summed E-state index contributed by atoms with van der Waals surface area (Å²) in [6.07, 6.45) is -2.64. The van der Waals surface area contributed by atoms with Crippen molar-refractivity contribution in [1.82, 2.24) is 14.6 Å². The van der Waals surface area contributed by atoms with Crippen LogP contribution >= 0.6 is 11.6 Å². The molecule has 16 heavy (non-hydrogen) atoms. The van der Waals surface area contributed by atoms with Crippen LogP contribution in [0.1, 0.15) is 11.4 Å². The summed E-state index contributed by atoms with van der Waals surface area (Å²) >= 11 is 5.55. The van der Waals surface area contributed by atoms with Gasteiger partial charge in [-0.1, -0.05) is 6.07 Å². The molecule has 0 amide bonds. The van der Waals surface area contributed by atoms with Gasteiger partial charge in [-0.3, -0.25) is 0 Å². The first kappa shape index (κ1) is 11.2. The van der Waals surface area contributed by atoms with Gasteiger partial charge >= 0.3 is 6.18 Å². The van der Waals surface area contributed by atoms with Gasteiger partial charge in [-0.05, 0) is 18.1 Å². The molecule has 0 fully saturated rings.